The van der Waals surface area contributed by atoms with Crippen LogP contribution in [0, 0.1) is 0 Å². The van der Waals surface area contributed by atoms with Crippen LogP contribution in [-0.4, -0.2) is 26.7 Å². The molecule has 4 aromatic carbocycles. The van der Waals surface area contributed by atoms with Crippen LogP contribution < -0.4 is 9.47 Å². The molecule has 0 saturated heterocycles. The van der Waals surface area contributed by atoms with Gasteiger partial charge >= 0.3 is 0 Å². The quantitative estimate of drug-likeness (QED) is 0.315. The predicted molar refractivity (Wildman–Crippen MR) is 134 cm³/mol. The summed E-state index contributed by atoms with van der Waals surface area (Å²) in [6.45, 7) is 0. The molecule has 0 aliphatic carbocycles. The number of methoxy groups -OCH3 is 1. The minimum Gasteiger partial charge on any atom is -0.496 e. The van der Waals surface area contributed by atoms with E-state index in [1.807, 2.05) is 36.4 Å². The summed E-state index contributed by atoms with van der Waals surface area (Å²) in [5.74, 6) is 2.54. The lowest BCUT2D eigenvalue weighted by molar-refractivity contribution is 0.416. The minimum absolute atomic E-state index is 0.119. The van der Waals surface area contributed by atoms with Gasteiger partial charge in [0.15, 0.2) is 11.5 Å². The molecule has 0 bridgehead atoms. The number of para-hydroxylation sites is 1. The van der Waals surface area contributed by atoms with Crippen LogP contribution in [0.5, 0.6) is 17.4 Å². The SMILES string of the molecule is COc1ccccc1-c1nc2c3c(ncn2n1)Oc1ccc2ccccc2c1[C@@H]3c1ccccc1. The predicted octanol–water partition coefficient (Wildman–Crippen LogP) is 6.24. The van der Waals surface area contributed by atoms with Crippen LogP contribution in [-0.2, 0) is 0 Å². The first kappa shape index (κ1) is 19.7. The van der Waals surface area contributed by atoms with Crippen molar-refractivity contribution in [3.63, 3.8) is 0 Å². The summed E-state index contributed by atoms with van der Waals surface area (Å²) in [6, 6.07) is 30.7. The van der Waals surface area contributed by atoms with E-state index in [4.69, 9.17) is 19.6 Å². The van der Waals surface area contributed by atoms with Crippen molar-refractivity contribution in [3.05, 3.63) is 114 Å². The zero-order valence-corrected chi connectivity index (χ0v) is 18.9. The molecule has 0 radical (unpaired) electrons. The van der Waals surface area contributed by atoms with E-state index in [1.165, 1.54) is 0 Å². The van der Waals surface area contributed by atoms with Crippen LogP contribution >= 0.6 is 0 Å². The van der Waals surface area contributed by atoms with Crippen molar-refractivity contribution in [3.8, 4) is 28.8 Å². The zero-order valence-electron chi connectivity index (χ0n) is 18.9. The number of nitrogens with zero attached hydrogens (tertiary/aromatic N) is 4. The van der Waals surface area contributed by atoms with Gasteiger partial charge in [-0.3, -0.25) is 0 Å². The first-order valence-corrected chi connectivity index (χ1v) is 11.4. The van der Waals surface area contributed by atoms with Gasteiger partial charge in [0, 0.05) is 11.5 Å². The molecule has 35 heavy (non-hydrogen) atoms. The number of hydrogen-bond acceptors (Lipinski definition) is 5. The molecule has 1 atom stereocenters. The molecule has 1 aliphatic rings. The molecule has 6 nitrogen and oxygen atoms in total. The lowest BCUT2D eigenvalue weighted by atomic mass is 9.81. The van der Waals surface area contributed by atoms with E-state index in [0.717, 1.165) is 44.5 Å². The summed E-state index contributed by atoms with van der Waals surface area (Å²) in [6.07, 6.45) is 1.66. The van der Waals surface area contributed by atoms with E-state index in [-0.39, 0.29) is 5.92 Å². The molecule has 1 aliphatic heterocycles. The highest BCUT2D eigenvalue weighted by Crippen LogP contribution is 2.50. The monoisotopic (exact) mass is 456 g/mol. The van der Waals surface area contributed by atoms with Crippen LogP contribution in [0.15, 0.2) is 97.3 Å². The molecule has 6 aromatic rings. The summed E-state index contributed by atoms with van der Waals surface area (Å²) in [4.78, 5) is 9.64. The first-order chi connectivity index (χ1) is 17.3. The van der Waals surface area contributed by atoms with E-state index in [1.54, 1.807) is 18.0 Å². The third kappa shape index (κ3) is 3.00. The Morgan fingerprint density at radius 2 is 1.63 bits per heavy atom. The summed E-state index contributed by atoms with van der Waals surface area (Å²) < 4.78 is 13.7. The maximum atomic E-state index is 6.39. The number of rotatable bonds is 3. The molecule has 0 fully saturated rings. The molecule has 3 heterocycles. The Bertz CT molecular complexity index is 1730. The van der Waals surface area contributed by atoms with Gasteiger partial charge in [0.2, 0.25) is 5.88 Å². The second-order valence-corrected chi connectivity index (χ2v) is 8.51. The maximum absolute atomic E-state index is 6.39. The van der Waals surface area contributed by atoms with Crippen LogP contribution in [0.2, 0.25) is 0 Å². The van der Waals surface area contributed by atoms with Gasteiger partial charge < -0.3 is 9.47 Å². The number of fused-ring (bicyclic) bond motifs is 6. The molecule has 0 amide bonds. The van der Waals surface area contributed by atoms with Gasteiger partial charge in [0.25, 0.3) is 0 Å². The fourth-order valence-corrected chi connectivity index (χ4v) is 5.03. The second kappa shape index (κ2) is 7.67. The lowest BCUT2D eigenvalue weighted by Gasteiger charge is -2.29. The molecule has 6 heteroatoms. The standard InChI is InChI=1S/C29H20N4O2/c1-34-22-14-8-7-13-21(22)27-31-28-26-24(19-10-3-2-4-11-19)25-20-12-6-5-9-18(20)15-16-23(25)35-29(26)30-17-33(28)32-27/h2-17,24H,1H3/t24-/m0/s1. The molecule has 0 N–H and O–H groups in total. The van der Waals surface area contributed by atoms with Crippen LogP contribution in [0.4, 0.5) is 0 Å². The van der Waals surface area contributed by atoms with E-state index in [9.17, 15) is 0 Å². The van der Waals surface area contributed by atoms with Gasteiger partial charge in [-0.2, -0.15) is 0 Å². The number of ether oxygens (including phenoxy) is 2. The van der Waals surface area contributed by atoms with E-state index >= 15 is 0 Å². The Kier molecular flexibility index (Phi) is 4.32. The van der Waals surface area contributed by atoms with Gasteiger partial charge in [0.05, 0.1) is 18.2 Å². The topological polar surface area (TPSA) is 61.5 Å². The Labute approximate surface area is 201 Å². The van der Waals surface area contributed by atoms with Gasteiger partial charge in [-0.1, -0.05) is 72.8 Å². The highest BCUT2D eigenvalue weighted by Gasteiger charge is 2.34. The van der Waals surface area contributed by atoms with E-state index in [0.29, 0.717) is 17.4 Å². The zero-order chi connectivity index (χ0) is 23.4. The first-order valence-electron chi connectivity index (χ1n) is 11.4. The Morgan fingerprint density at radius 3 is 2.51 bits per heavy atom. The fraction of sp³-hybridized carbons (Fsp3) is 0.0690. The average Bonchev–Trinajstić information content (AvgIpc) is 3.36. The van der Waals surface area contributed by atoms with Crippen molar-refractivity contribution >= 4 is 16.4 Å². The number of aromatic nitrogens is 4. The summed E-state index contributed by atoms with van der Waals surface area (Å²) in [7, 11) is 1.65. The van der Waals surface area contributed by atoms with Gasteiger partial charge in [-0.25, -0.2) is 14.5 Å². The summed E-state index contributed by atoms with van der Waals surface area (Å²) >= 11 is 0. The second-order valence-electron chi connectivity index (χ2n) is 8.51. The Hall–Kier alpha value is -4.71. The number of benzene rings is 4. The van der Waals surface area contributed by atoms with Crippen molar-refractivity contribution in [1.29, 1.82) is 0 Å². The highest BCUT2D eigenvalue weighted by molar-refractivity contribution is 5.91. The highest BCUT2D eigenvalue weighted by atomic mass is 16.5. The summed E-state index contributed by atoms with van der Waals surface area (Å²) in [5.41, 5.74) is 4.69. The van der Waals surface area contributed by atoms with Crippen molar-refractivity contribution in [1.82, 2.24) is 19.6 Å². The smallest absolute Gasteiger partial charge is 0.228 e. The van der Waals surface area contributed by atoms with E-state index < -0.39 is 0 Å². The van der Waals surface area contributed by atoms with Gasteiger partial charge in [0.1, 0.15) is 17.8 Å². The minimum atomic E-state index is -0.119. The fourth-order valence-electron chi connectivity index (χ4n) is 5.03. The third-order valence-electron chi connectivity index (χ3n) is 6.58. The molecule has 0 spiro atoms. The third-order valence-corrected chi connectivity index (χ3v) is 6.58. The number of hydrogen-bond donors (Lipinski definition) is 0. The molecular weight excluding hydrogens is 436 g/mol. The van der Waals surface area contributed by atoms with E-state index in [2.05, 4.69) is 59.6 Å². The molecule has 0 saturated carbocycles. The van der Waals surface area contributed by atoms with Crippen LogP contribution in [0.3, 0.4) is 0 Å². The Balaban J connectivity index is 1.54. The normalized spacial score (nSPS) is 14.4. The van der Waals surface area contributed by atoms with Gasteiger partial charge in [-0.15, -0.1) is 5.10 Å². The van der Waals surface area contributed by atoms with Crippen molar-refractivity contribution in [2.45, 2.75) is 5.92 Å². The molecule has 168 valence electrons. The molecule has 2 aromatic heterocycles. The van der Waals surface area contributed by atoms with Gasteiger partial charge in [-0.05, 0) is 34.5 Å². The molecular formula is C29H20N4O2. The average molecular weight is 457 g/mol. The van der Waals surface area contributed by atoms with Crippen LogP contribution in [0.1, 0.15) is 22.6 Å². The lowest BCUT2D eigenvalue weighted by Crippen LogP contribution is -2.15. The largest absolute Gasteiger partial charge is 0.496 e. The molecule has 0 unspecified atom stereocenters. The molecule has 7 rings (SSSR count). The Morgan fingerprint density at radius 1 is 0.829 bits per heavy atom. The van der Waals surface area contributed by atoms with Crippen LogP contribution in [0.25, 0.3) is 27.8 Å². The maximum Gasteiger partial charge on any atom is 0.228 e. The van der Waals surface area contributed by atoms with Crippen molar-refractivity contribution < 1.29 is 9.47 Å². The van der Waals surface area contributed by atoms with Crippen molar-refractivity contribution in [2.75, 3.05) is 7.11 Å². The van der Waals surface area contributed by atoms with Crippen molar-refractivity contribution in [2.24, 2.45) is 0 Å². The summed E-state index contributed by atoms with van der Waals surface area (Å²) in [5, 5.41) is 7.06.